The summed E-state index contributed by atoms with van der Waals surface area (Å²) >= 11 is 0. The normalized spacial score (nSPS) is 13.8. The molecule has 0 aliphatic carbocycles. The second-order valence-electron chi connectivity index (χ2n) is 6.96. The minimum atomic E-state index is -0.677. The number of ether oxygens (including phenoxy) is 3. The van der Waals surface area contributed by atoms with Crippen LogP contribution in [0.5, 0.6) is 17.2 Å². The van der Waals surface area contributed by atoms with Crippen LogP contribution in [0.3, 0.4) is 0 Å². The monoisotopic (exact) mass is 422 g/mol. The molecule has 3 aromatic carbocycles. The van der Waals surface area contributed by atoms with Crippen LogP contribution >= 0.6 is 0 Å². The molecule has 0 saturated heterocycles. The van der Waals surface area contributed by atoms with Crippen LogP contribution in [0.1, 0.15) is 34.0 Å². The average molecular weight is 422 g/mol. The van der Waals surface area contributed by atoms with Gasteiger partial charge in [-0.25, -0.2) is 8.78 Å². The molecular formula is C25H20F2O4. The van der Waals surface area contributed by atoms with Crippen molar-refractivity contribution in [1.29, 1.82) is 0 Å². The zero-order chi connectivity index (χ0) is 22.0. The number of rotatable bonds is 6. The maximum absolute atomic E-state index is 13.9. The van der Waals surface area contributed by atoms with E-state index < -0.39 is 11.6 Å². The first-order chi connectivity index (χ1) is 15.0. The summed E-state index contributed by atoms with van der Waals surface area (Å²) in [4.78, 5) is 12.8. The van der Waals surface area contributed by atoms with Gasteiger partial charge in [0.05, 0.1) is 17.7 Å². The number of allylic oxidation sites excluding steroid dienone is 1. The third kappa shape index (κ3) is 4.01. The Hall–Kier alpha value is -3.67. The van der Waals surface area contributed by atoms with Crippen molar-refractivity contribution < 1.29 is 27.8 Å². The number of benzene rings is 3. The van der Waals surface area contributed by atoms with Crippen molar-refractivity contribution in [3.05, 3.63) is 94.2 Å². The predicted octanol–water partition coefficient (Wildman–Crippen LogP) is 5.87. The fraction of sp³-hybridized carbons (Fsp3) is 0.160. The molecule has 1 aliphatic rings. The smallest absolute Gasteiger partial charge is 0.231 e. The van der Waals surface area contributed by atoms with Gasteiger partial charge in [-0.1, -0.05) is 24.3 Å². The van der Waals surface area contributed by atoms with Crippen LogP contribution in [0.4, 0.5) is 8.78 Å². The van der Waals surface area contributed by atoms with Gasteiger partial charge in [-0.15, -0.1) is 0 Å². The summed E-state index contributed by atoms with van der Waals surface area (Å²) in [5.41, 5.74) is 1.54. The molecule has 0 amide bonds. The van der Waals surface area contributed by atoms with E-state index >= 15 is 0 Å². The molecule has 1 aliphatic heterocycles. The molecule has 0 bridgehead atoms. The highest BCUT2D eigenvalue weighted by Gasteiger charge is 2.30. The van der Waals surface area contributed by atoms with Gasteiger partial charge >= 0.3 is 0 Å². The Morgan fingerprint density at radius 2 is 1.68 bits per heavy atom. The molecule has 0 atom stereocenters. The fourth-order valence-electron chi connectivity index (χ4n) is 3.37. The molecule has 0 radical (unpaired) electrons. The van der Waals surface area contributed by atoms with E-state index in [1.807, 2.05) is 31.2 Å². The molecule has 158 valence electrons. The molecule has 0 saturated carbocycles. The zero-order valence-corrected chi connectivity index (χ0v) is 17.1. The van der Waals surface area contributed by atoms with Crippen molar-refractivity contribution in [2.45, 2.75) is 20.5 Å². The Kier molecular flexibility index (Phi) is 5.71. The quantitative estimate of drug-likeness (QED) is 0.466. The van der Waals surface area contributed by atoms with Gasteiger partial charge in [0.15, 0.2) is 5.76 Å². The Morgan fingerprint density at radius 1 is 0.935 bits per heavy atom. The van der Waals surface area contributed by atoms with Crippen LogP contribution in [-0.2, 0) is 6.61 Å². The van der Waals surface area contributed by atoms with E-state index in [1.165, 1.54) is 18.2 Å². The average Bonchev–Trinajstić information content (AvgIpc) is 3.07. The number of carbonyl (C=O) groups is 1. The van der Waals surface area contributed by atoms with E-state index in [9.17, 15) is 13.6 Å². The van der Waals surface area contributed by atoms with E-state index in [-0.39, 0.29) is 23.7 Å². The maximum atomic E-state index is 13.9. The van der Waals surface area contributed by atoms with Crippen molar-refractivity contribution in [2.24, 2.45) is 0 Å². The largest absolute Gasteiger partial charge is 0.493 e. The highest BCUT2D eigenvalue weighted by Crippen LogP contribution is 2.40. The lowest BCUT2D eigenvalue weighted by Gasteiger charge is -2.12. The Bertz CT molecular complexity index is 1160. The molecule has 0 spiro atoms. The molecule has 0 aromatic heterocycles. The van der Waals surface area contributed by atoms with Crippen LogP contribution in [0.25, 0.3) is 6.08 Å². The number of fused-ring (bicyclic) bond motifs is 1. The second kappa shape index (κ2) is 8.60. The first-order valence-corrected chi connectivity index (χ1v) is 9.85. The fourth-order valence-corrected chi connectivity index (χ4v) is 3.37. The van der Waals surface area contributed by atoms with Gasteiger partial charge in [-0.3, -0.25) is 4.79 Å². The zero-order valence-electron chi connectivity index (χ0n) is 17.1. The number of para-hydroxylation sites is 1. The lowest BCUT2D eigenvalue weighted by atomic mass is 10.1. The Balaban J connectivity index is 1.60. The van der Waals surface area contributed by atoms with Gasteiger partial charge in [0.1, 0.15) is 35.5 Å². The first kappa shape index (κ1) is 20.6. The van der Waals surface area contributed by atoms with E-state index in [1.54, 1.807) is 25.1 Å². The molecule has 1 heterocycles. The summed E-state index contributed by atoms with van der Waals surface area (Å²) < 4.78 is 44.8. The molecule has 31 heavy (non-hydrogen) atoms. The van der Waals surface area contributed by atoms with Gasteiger partial charge in [-0.05, 0) is 50.3 Å². The third-order valence-corrected chi connectivity index (χ3v) is 4.98. The number of hydrogen-bond donors (Lipinski definition) is 0. The van der Waals surface area contributed by atoms with Crippen molar-refractivity contribution in [1.82, 2.24) is 0 Å². The molecule has 4 rings (SSSR count). The van der Waals surface area contributed by atoms with Gasteiger partial charge in [0.25, 0.3) is 0 Å². The second-order valence-corrected chi connectivity index (χ2v) is 6.96. The minimum absolute atomic E-state index is 0.160. The number of hydrogen-bond acceptors (Lipinski definition) is 4. The SMILES string of the molecule is CCOc1ccccc1/C=C1\Oc2c(ccc(OCc3c(F)cccc3F)c2C)C1=O. The van der Waals surface area contributed by atoms with Crippen LogP contribution in [0, 0.1) is 18.6 Å². The Labute approximate surface area is 178 Å². The first-order valence-electron chi connectivity index (χ1n) is 9.85. The molecular weight excluding hydrogens is 402 g/mol. The molecule has 0 fully saturated rings. The van der Waals surface area contributed by atoms with E-state index in [0.717, 1.165) is 5.56 Å². The van der Waals surface area contributed by atoms with Gasteiger partial charge in [0.2, 0.25) is 5.78 Å². The number of halogens is 2. The van der Waals surface area contributed by atoms with E-state index in [4.69, 9.17) is 14.2 Å². The third-order valence-electron chi connectivity index (χ3n) is 4.98. The van der Waals surface area contributed by atoms with Gasteiger partial charge < -0.3 is 14.2 Å². The van der Waals surface area contributed by atoms with Gasteiger partial charge in [-0.2, -0.15) is 0 Å². The van der Waals surface area contributed by atoms with Crippen LogP contribution in [-0.4, -0.2) is 12.4 Å². The molecule has 3 aromatic rings. The number of carbonyl (C=O) groups excluding carboxylic acids is 1. The van der Waals surface area contributed by atoms with Crippen LogP contribution in [0.2, 0.25) is 0 Å². The highest BCUT2D eigenvalue weighted by molar-refractivity contribution is 6.15. The maximum Gasteiger partial charge on any atom is 0.231 e. The minimum Gasteiger partial charge on any atom is -0.493 e. The summed E-state index contributed by atoms with van der Waals surface area (Å²) in [6.07, 6.45) is 1.64. The topological polar surface area (TPSA) is 44.8 Å². The molecule has 4 nitrogen and oxygen atoms in total. The number of Topliss-reactive ketones (excluding diaryl/α,β-unsaturated/α-hetero) is 1. The molecule has 0 N–H and O–H groups in total. The summed E-state index contributed by atoms with van der Waals surface area (Å²) in [5, 5.41) is 0. The van der Waals surface area contributed by atoms with Crippen molar-refractivity contribution in [3.63, 3.8) is 0 Å². The number of ketones is 1. The lowest BCUT2D eigenvalue weighted by Crippen LogP contribution is -2.03. The van der Waals surface area contributed by atoms with Crippen LogP contribution in [0.15, 0.2) is 60.4 Å². The van der Waals surface area contributed by atoms with Gasteiger partial charge in [0, 0.05) is 11.1 Å². The van der Waals surface area contributed by atoms with Crippen molar-refractivity contribution >= 4 is 11.9 Å². The molecule has 6 heteroatoms. The van der Waals surface area contributed by atoms with E-state index in [0.29, 0.717) is 35.0 Å². The Morgan fingerprint density at radius 3 is 2.42 bits per heavy atom. The standard InChI is InChI=1S/C25H20F2O4/c1-3-29-22-10-5-4-7-16(22)13-23-24(28)17-11-12-21(15(2)25(17)31-23)30-14-18-19(26)8-6-9-20(18)27/h4-13H,3,14H2,1-2H3/b23-13-. The summed E-state index contributed by atoms with van der Waals surface area (Å²) in [5.74, 6) is -0.0372. The molecule has 0 unspecified atom stereocenters. The summed E-state index contributed by atoms with van der Waals surface area (Å²) in [6.45, 7) is 3.83. The van der Waals surface area contributed by atoms with Crippen molar-refractivity contribution in [2.75, 3.05) is 6.61 Å². The summed E-state index contributed by atoms with van der Waals surface area (Å²) in [7, 11) is 0. The van der Waals surface area contributed by atoms with Crippen molar-refractivity contribution in [3.8, 4) is 17.2 Å². The predicted molar refractivity (Wildman–Crippen MR) is 112 cm³/mol. The summed E-state index contributed by atoms with van der Waals surface area (Å²) in [6, 6.07) is 14.2. The van der Waals surface area contributed by atoms with Crippen LogP contribution < -0.4 is 14.2 Å². The lowest BCUT2D eigenvalue weighted by molar-refractivity contribution is 0.101. The van der Waals surface area contributed by atoms with E-state index in [2.05, 4.69) is 0 Å². The highest BCUT2D eigenvalue weighted by atomic mass is 19.1.